The number of nitrogens with zero attached hydrogens (tertiary/aromatic N) is 2. The molecule has 0 N–H and O–H groups in total. The lowest BCUT2D eigenvalue weighted by Crippen LogP contribution is -2.36. The number of hydrogen-bond donors (Lipinski definition) is 0. The molecule has 1 aromatic carbocycles. The second-order valence-electron chi connectivity index (χ2n) is 7.76. The van der Waals surface area contributed by atoms with Crippen LogP contribution in [-0.2, 0) is 28.5 Å². The molecule has 0 saturated carbocycles. The Morgan fingerprint density at radius 3 is 2.53 bits per heavy atom. The van der Waals surface area contributed by atoms with Crippen LogP contribution in [0.15, 0.2) is 40.5 Å². The molecule has 0 spiro atoms. The molecule has 0 aliphatic carbocycles. The minimum atomic E-state index is -1.01. The third kappa shape index (κ3) is 4.71. The summed E-state index contributed by atoms with van der Waals surface area (Å²) in [6.07, 6.45) is 0.309. The molecular formula is C22H26N2O8. The number of para-hydroxylation sites is 1. The molecule has 0 bridgehead atoms. The zero-order valence-electron chi connectivity index (χ0n) is 18.5. The van der Waals surface area contributed by atoms with Gasteiger partial charge in [-0.05, 0) is 20.8 Å². The van der Waals surface area contributed by atoms with Crippen molar-refractivity contribution in [3.05, 3.63) is 51.2 Å². The number of rotatable bonds is 7. The number of ether oxygens (including phenoxy) is 4. The van der Waals surface area contributed by atoms with Crippen LogP contribution < -0.4 is 0 Å². The monoisotopic (exact) mass is 446 g/mol. The Balaban J connectivity index is 1.98. The number of carbonyl (C=O) groups is 2. The molecule has 1 aromatic rings. The third-order valence-corrected chi connectivity index (χ3v) is 5.66. The smallest absolute Gasteiger partial charge is 0.336 e. The maximum atomic E-state index is 13.2. The van der Waals surface area contributed by atoms with E-state index in [4.69, 9.17) is 18.9 Å². The van der Waals surface area contributed by atoms with Crippen LogP contribution in [0.3, 0.4) is 0 Å². The van der Waals surface area contributed by atoms with E-state index in [0.29, 0.717) is 31.0 Å². The molecule has 172 valence electrons. The molecular weight excluding hydrogens is 420 g/mol. The Bertz CT molecular complexity index is 978. The van der Waals surface area contributed by atoms with Gasteiger partial charge in [0.2, 0.25) is 0 Å². The second-order valence-corrected chi connectivity index (χ2v) is 7.76. The molecule has 10 nitrogen and oxygen atoms in total. The van der Waals surface area contributed by atoms with Gasteiger partial charge in [-0.2, -0.15) is 0 Å². The van der Waals surface area contributed by atoms with Gasteiger partial charge >= 0.3 is 11.9 Å². The highest BCUT2D eigenvalue weighted by atomic mass is 16.7. The van der Waals surface area contributed by atoms with Crippen LogP contribution in [0.25, 0.3) is 0 Å². The lowest BCUT2D eigenvalue weighted by atomic mass is 9.75. The minimum absolute atomic E-state index is 0.00129. The Hall–Kier alpha value is -3.11. The third-order valence-electron chi connectivity index (χ3n) is 5.66. The van der Waals surface area contributed by atoms with E-state index in [9.17, 15) is 19.7 Å². The minimum Gasteiger partial charge on any atom is -0.468 e. The highest BCUT2D eigenvalue weighted by molar-refractivity contribution is 6.07. The summed E-state index contributed by atoms with van der Waals surface area (Å²) in [5.41, 5.74) is 0.811. The van der Waals surface area contributed by atoms with Gasteiger partial charge in [-0.1, -0.05) is 18.2 Å². The zero-order chi connectivity index (χ0) is 23.5. The number of esters is 2. The van der Waals surface area contributed by atoms with E-state index in [2.05, 4.69) is 4.99 Å². The van der Waals surface area contributed by atoms with Gasteiger partial charge in [0.1, 0.15) is 5.92 Å². The van der Waals surface area contributed by atoms with Gasteiger partial charge < -0.3 is 18.9 Å². The lowest BCUT2D eigenvalue weighted by Gasteiger charge is -2.31. The topological polar surface area (TPSA) is 127 Å². The summed E-state index contributed by atoms with van der Waals surface area (Å²) < 4.78 is 21.5. The van der Waals surface area contributed by atoms with E-state index >= 15 is 0 Å². The number of aliphatic imine (C=N–C) groups is 1. The van der Waals surface area contributed by atoms with Gasteiger partial charge in [0.05, 0.1) is 37.4 Å². The molecule has 2 aliphatic rings. The molecule has 1 fully saturated rings. The summed E-state index contributed by atoms with van der Waals surface area (Å²) in [6.45, 7) is 5.92. The Kier molecular flexibility index (Phi) is 7.05. The first kappa shape index (κ1) is 23.6. The Labute approximate surface area is 185 Å². The molecule has 2 unspecified atom stereocenters. The number of methoxy groups -OCH3 is 1. The number of hydrogen-bond acceptors (Lipinski definition) is 9. The largest absolute Gasteiger partial charge is 0.468 e. The zero-order valence-corrected chi connectivity index (χ0v) is 18.5. The Morgan fingerprint density at radius 2 is 1.91 bits per heavy atom. The van der Waals surface area contributed by atoms with Crippen LogP contribution in [-0.4, -0.2) is 55.3 Å². The highest BCUT2D eigenvalue weighted by Gasteiger charge is 2.44. The van der Waals surface area contributed by atoms with Crippen molar-refractivity contribution in [2.75, 3.05) is 26.9 Å². The summed E-state index contributed by atoms with van der Waals surface area (Å²) in [5.74, 6) is -4.18. The number of nitro groups is 1. The maximum absolute atomic E-state index is 13.2. The van der Waals surface area contributed by atoms with Crippen molar-refractivity contribution in [3.63, 3.8) is 0 Å². The lowest BCUT2D eigenvalue weighted by molar-refractivity contribution is -0.385. The number of nitro benzene ring substituents is 1. The average molecular weight is 446 g/mol. The van der Waals surface area contributed by atoms with Crippen molar-refractivity contribution in [2.45, 2.75) is 38.9 Å². The maximum Gasteiger partial charge on any atom is 0.336 e. The molecule has 10 heteroatoms. The van der Waals surface area contributed by atoms with E-state index in [1.807, 2.05) is 0 Å². The highest BCUT2D eigenvalue weighted by Crippen LogP contribution is 2.43. The first-order valence-electron chi connectivity index (χ1n) is 10.2. The fourth-order valence-electron chi connectivity index (χ4n) is 4.10. The van der Waals surface area contributed by atoms with E-state index in [1.165, 1.54) is 25.3 Å². The fraction of sp³-hybridized carbons (Fsp3) is 0.500. The van der Waals surface area contributed by atoms with Crippen molar-refractivity contribution >= 4 is 23.3 Å². The predicted octanol–water partition coefficient (Wildman–Crippen LogP) is 2.91. The SMILES string of the molecule is COC(=O)C1C(C)=NC(C)=C(C(=O)OCCC2(C)OCCO2)C1c1ccccc1[N+](=O)[O-]. The van der Waals surface area contributed by atoms with E-state index in [0.717, 1.165) is 0 Å². The van der Waals surface area contributed by atoms with Gasteiger partial charge in [-0.3, -0.25) is 19.9 Å². The number of carbonyl (C=O) groups excluding carboxylic acids is 2. The van der Waals surface area contributed by atoms with Crippen LogP contribution in [0.4, 0.5) is 5.69 Å². The molecule has 0 aromatic heterocycles. The van der Waals surface area contributed by atoms with Crippen LogP contribution in [0.5, 0.6) is 0 Å². The first-order chi connectivity index (χ1) is 15.2. The van der Waals surface area contributed by atoms with Crippen molar-refractivity contribution in [3.8, 4) is 0 Å². The van der Waals surface area contributed by atoms with E-state index in [1.54, 1.807) is 26.8 Å². The van der Waals surface area contributed by atoms with Crippen molar-refractivity contribution < 1.29 is 33.5 Å². The molecule has 0 radical (unpaired) electrons. The summed E-state index contributed by atoms with van der Waals surface area (Å²) in [7, 11) is 1.22. The van der Waals surface area contributed by atoms with Crippen LogP contribution in [0.2, 0.25) is 0 Å². The van der Waals surface area contributed by atoms with Crippen LogP contribution in [0.1, 0.15) is 38.7 Å². The number of allylic oxidation sites excluding steroid dienone is 1. The van der Waals surface area contributed by atoms with Crippen molar-refractivity contribution in [1.29, 1.82) is 0 Å². The molecule has 32 heavy (non-hydrogen) atoms. The summed E-state index contributed by atoms with van der Waals surface area (Å²) in [6, 6.07) is 6.00. The van der Waals surface area contributed by atoms with Gasteiger partial charge in [0, 0.05) is 35.4 Å². The predicted molar refractivity (Wildman–Crippen MR) is 113 cm³/mol. The molecule has 1 saturated heterocycles. The molecule has 3 rings (SSSR count). The fourth-order valence-corrected chi connectivity index (χ4v) is 4.10. The van der Waals surface area contributed by atoms with Crippen molar-refractivity contribution in [2.24, 2.45) is 10.9 Å². The van der Waals surface area contributed by atoms with E-state index in [-0.39, 0.29) is 23.4 Å². The van der Waals surface area contributed by atoms with E-state index < -0.39 is 34.5 Å². The summed E-state index contributed by atoms with van der Waals surface area (Å²) in [4.78, 5) is 41.3. The van der Waals surface area contributed by atoms with Crippen molar-refractivity contribution in [1.82, 2.24) is 0 Å². The van der Waals surface area contributed by atoms with Gasteiger partial charge in [0.25, 0.3) is 5.69 Å². The second kappa shape index (κ2) is 9.58. The quantitative estimate of drug-likeness (QED) is 0.355. The van der Waals surface area contributed by atoms with Crippen LogP contribution in [0, 0.1) is 16.0 Å². The van der Waals surface area contributed by atoms with Gasteiger partial charge in [0.15, 0.2) is 5.79 Å². The first-order valence-corrected chi connectivity index (χ1v) is 10.2. The summed E-state index contributed by atoms with van der Waals surface area (Å²) >= 11 is 0. The summed E-state index contributed by atoms with van der Waals surface area (Å²) in [5, 5.41) is 11.7. The van der Waals surface area contributed by atoms with Gasteiger partial charge in [-0.25, -0.2) is 4.79 Å². The molecule has 2 heterocycles. The number of benzene rings is 1. The molecule has 0 amide bonds. The normalized spacial score (nSPS) is 22.3. The molecule has 2 aliphatic heterocycles. The van der Waals surface area contributed by atoms with Gasteiger partial charge in [-0.15, -0.1) is 0 Å². The molecule has 2 atom stereocenters. The standard InChI is InChI=1S/C22H26N2O8/c1-13-17(20(25)29-4)19(15-7-5-6-8-16(15)24(27)28)18(14(2)23-13)21(26)30-10-9-22(3)31-11-12-32-22/h5-8,17,19H,9-12H2,1-4H3. The van der Waals surface area contributed by atoms with Crippen LogP contribution >= 0.6 is 0 Å². The average Bonchev–Trinajstić information content (AvgIpc) is 3.18. The Morgan fingerprint density at radius 1 is 1.25 bits per heavy atom.